The summed E-state index contributed by atoms with van der Waals surface area (Å²) in [5.41, 5.74) is 5.65. The number of aryl methyl sites for hydroxylation is 3. The molecule has 0 radical (unpaired) electrons. The molecule has 4 nitrogen and oxygen atoms in total. The number of aliphatic hydroxyl groups is 1. The zero-order valence-corrected chi connectivity index (χ0v) is 14.1. The van der Waals surface area contributed by atoms with Crippen molar-refractivity contribution in [3.63, 3.8) is 0 Å². The molecule has 2 N–H and O–H groups in total. The van der Waals surface area contributed by atoms with Crippen LogP contribution in [0.1, 0.15) is 47.5 Å². The molecule has 1 atom stereocenters. The van der Waals surface area contributed by atoms with Gasteiger partial charge in [0.15, 0.2) is 0 Å². The van der Waals surface area contributed by atoms with Crippen LogP contribution in [0.4, 0.5) is 0 Å². The minimum Gasteiger partial charge on any atom is -0.387 e. The largest absolute Gasteiger partial charge is 0.387 e. The average Bonchev–Trinajstić information content (AvgIpc) is 2.75. The van der Waals surface area contributed by atoms with Gasteiger partial charge in [0, 0.05) is 30.9 Å². The first-order chi connectivity index (χ1) is 10.5. The molecule has 1 aromatic heterocycles. The molecule has 2 aromatic rings. The van der Waals surface area contributed by atoms with Crippen molar-refractivity contribution in [1.82, 2.24) is 15.1 Å². The van der Waals surface area contributed by atoms with Crippen LogP contribution < -0.4 is 5.32 Å². The quantitative estimate of drug-likeness (QED) is 0.826. The van der Waals surface area contributed by atoms with Gasteiger partial charge in [-0.05, 0) is 38.3 Å². The molecule has 1 aromatic carbocycles. The Morgan fingerprint density at radius 2 is 1.95 bits per heavy atom. The van der Waals surface area contributed by atoms with E-state index in [9.17, 15) is 5.11 Å². The predicted molar refractivity (Wildman–Crippen MR) is 89.8 cm³/mol. The smallest absolute Gasteiger partial charge is 0.0917 e. The second-order valence-corrected chi connectivity index (χ2v) is 5.88. The molecule has 0 saturated heterocycles. The van der Waals surface area contributed by atoms with Gasteiger partial charge in [0.1, 0.15) is 0 Å². The second-order valence-electron chi connectivity index (χ2n) is 5.88. The third-order valence-corrected chi connectivity index (χ3v) is 4.15. The van der Waals surface area contributed by atoms with Gasteiger partial charge in [0.2, 0.25) is 0 Å². The molecule has 0 fully saturated rings. The van der Waals surface area contributed by atoms with E-state index >= 15 is 0 Å². The average molecular weight is 301 g/mol. The molecule has 0 amide bonds. The number of hydrogen-bond acceptors (Lipinski definition) is 3. The summed E-state index contributed by atoms with van der Waals surface area (Å²) < 4.78 is 2.07. The third-order valence-electron chi connectivity index (χ3n) is 4.15. The fourth-order valence-electron chi connectivity index (χ4n) is 2.82. The summed E-state index contributed by atoms with van der Waals surface area (Å²) in [7, 11) is 0. The van der Waals surface area contributed by atoms with Gasteiger partial charge in [-0.1, -0.05) is 31.2 Å². The number of benzene rings is 1. The number of nitrogens with zero attached hydrogens (tertiary/aromatic N) is 2. The van der Waals surface area contributed by atoms with Crippen LogP contribution in [-0.4, -0.2) is 21.4 Å². The zero-order chi connectivity index (χ0) is 16.1. The van der Waals surface area contributed by atoms with Crippen LogP contribution in [0.3, 0.4) is 0 Å². The van der Waals surface area contributed by atoms with Crippen molar-refractivity contribution in [2.24, 2.45) is 0 Å². The van der Waals surface area contributed by atoms with Crippen LogP contribution in [0.15, 0.2) is 24.3 Å². The molecule has 0 bridgehead atoms. The fourth-order valence-corrected chi connectivity index (χ4v) is 2.82. The lowest BCUT2D eigenvalue weighted by Crippen LogP contribution is -2.22. The first-order valence-electron chi connectivity index (χ1n) is 8.01. The number of nitrogens with one attached hydrogen (secondary N) is 1. The number of aromatic nitrogens is 2. The zero-order valence-electron chi connectivity index (χ0n) is 14.1. The van der Waals surface area contributed by atoms with E-state index in [0.717, 1.165) is 36.3 Å². The van der Waals surface area contributed by atoms with E-state index < -0.39 is 6.10 Å². The predicted octanol–water partition coefficient (Wildman–Crippen LogP) is 3.04. The molecule has 120 valence electrons. The van der Waals surface area contributed by atoms with E-state index in [4.69, 9.17) is 0 Å². The Morgan fingerprint density at radius 3 is 2.64 bits per heavy atom. The molecule has 0 saturated carbocycles. The Bertz CT molecular complexity index is 619. The molecule has 0 aliphatic heterocycles. The summed E-state index contributed by atoms with van der Waals surface area (Å²) in [4.78, 5) is 0. The standard InChI is InChI=1S/C18H27N3O/c1-5-10-21-15(4)17(14(3)20-21)11-19-12-18(22)16-9-7-6-8-13(16)2/h6-9,18-19,22H,5,10-12H2,1-4H3. The van der Waals surface area contributed by atoms with Gasteiger partial charge in [-0.25, -0.2) is 0 Å². The molecule has 1 unspecified atom stereocenters. The highest BCUT2D eigenvalue weighted by Crippen LogP contribution is 2.17. The molecular weight excluding hydrogens is 274 g/mol. The lowest BCUT2D eigenvalue weighted by Gasteiger charge is -2.14. The lowest BCUT2D eigenvalue weighted by atomic mass is 10.0. The van der Waals surface area contributed by atoms with Crippen LogP contribution in [0.2, 0.25) is 0 Å². The highest BCUT2D eigenvalue weighted by atomic mass is 16.3. The van der Waals surface area contributed by atoms with Crippen LogP contribution in [0.25, 0.3) is 0 Å². The van der Waals surface area contributed by atoms with E-state index in [2.05, 4.69) is 28.9 Å². The number of hydrogen-bond donors (Lipinski definition) is 2. The Hall–Kier alpha value is -1.65. The molecule has 0 aliphatic rings. The Morgan fingerprint density at radius 1 is 1.23 bits per heavy atom. The van der Waals surface area contributed by atoms with E-state index in [0.29, 0.717) is 6.54 Å². The maximum Gasteiger partial charge on any atom is 0.0917 e. The first-order valence-corrected chi connectivity index (χ1v) is 8.01. The van der Waals surface area contributed by atoms with Crippen molar-refractivity contribution in [2.45, 2.75) is 53.3 Å². The van der Waals surface area contributed by atoms with Gasteiger partial charge < -0.3 is 10.4 Å². The van der Waals surface area contributed by atoms with Crippen molar-refractivity contribution in [1.29, 1.82) is 0 Å². The van der Waals surface area contributed by atoms with Gasteiger partial charge in [-0.3, -0.25) is 4.68 Å². The van der Waals surface area contributed by atoms with Crippen molar-refractivity contribution in [2.75, 3.05) is 6.54 Å². The van der Waals surface area contributed by atoms with E-state index in [1.807, 2.05) is 38.1 Å². The third kappa shape index (κ3) is 3.76. The van der Waals surface area contributed by atoms with Crippen LogP contribution in [0, 0.1) is 20.8 Å². The minimum atomic E-state index is -0.479. The molecular formula is C18H27N3O. The molecule has 0 aliphatic carbocycles. The molecule has 22 heavy (non-hydrogen) atoms. The maximum atomic E-state index is 10.3. The van der Waals surface area contributed by atoms with Gasteiger partial charge in [0.05, 0.1) is 11.8 Å². The second kappa shape index (κ2) is 7.56. The van der Waals surface area contributed by atoms with Gasteiger partial charge in [0.25, 0.3) is 0 Å². The van der Waals surface area contributed by atoms with Crippen molar-refractivity contribution >= 4 is 0 Å². The normalized spacial score (nSPS) is 12.6. The van der Waals surface area contributed by atoms with Crippen molar-refractivity contribution in [3.05, 3.63) is 52.3 Å². The summed E-state index contributed by atoms with van der Waals surface area (Å²) in [6.45, 7) is 10.6. The van der Waals surface area contributed by atoms with Gasteiger partial charge in [-0.15, -0.1) is 0 Å². The molecule has 0 spiro atoms. The van der Waals surface area contributed by atoms with E-state index in [1.54, 1.807) is 0 Å². The lowest BCUT2D eigenvalue weighted by molar-refractivity contribution is 0.173. The Balaban J connectivity index is 1.95. The topological polar surface area (TPSA) is 50.1 Å². The number of rotatable bonds is 7. The molecule has 2 rings (SSSR count). The Kier molecular flexibility index (Phi) is 5.75. The van der Waals surface area contributed by atoms with Gasteiger partial charge >= 0.3 is 0 Å². The summed E-state index contributed by atoms with van der Waals surface area (Å²) >= 11 is 0. The maximum absolute atomic E-state index is 10.3. The highest BCUT2D eigenvalue weighted by molar-refractivity contribution is 5.28. The number of aliphatic hydroxyl groups excluding tert-OH is 1. The summed E-state index contributed by atoms with van der Waals surface area (Å²) in [6, 6.07) is 7.97. The monoisotopic (exact) mass is 301 g/mol. The van der Waals surface area contributed by atoms with Crippen molar-refractivity contribution < 1.29 is 5.11 Å². The van der Waals surface area contributed by atoms with Crippen LogP contribution in [-0.2, 0) is 13.1 Å². The minimum absolute atomic E-state index is 0.479. The first kappa shape index (κ1) is 16.7. The molecule has 4 heteroatoms. The van der Waals surface area contributed by atoms with E-state index in [-0.39, 0.29) is 0 Å². The summed E-state index contributed by atoms with van der Waals surface area (Å²) in [5, 5.41) is 18.3. The van der Waals surface area contributed by atoms with Crippen molar-refractivity contribution in [3.8, 4) is 0 Å². The summed E-state index contributed by atoms with van der Waals surface area (Å²) in [6.07, 6.45) is 0.605. The fraction of sp³-hybridized carbons (Fsp3) is 0.500. The van der Waals surface area contributed by atoms with Gasteiger partial charge in [-0.2, -0.15) is 5.10 Å². The molecule has 1 heterocycles. The summed E-state index contributed by atoms with van der Waals surface area (Å²) in [5.74, 6) is 0. The Labute approximate surface area is 133 Å². The van der Waals surface area contributed by atoms with E-state index in [1.165, 1.54) is 11.3 Å². The van der Waals surface area contributed by atoms with Crippen LogP contribution >= 0.6 is 0 Å². The SMILES string of the molecule is CCCn1nc(C)c(CNCC(O)c2ccccc2C)c1C. The van der Waals surface area contributed by atoms with Crippen LogP contribution in [0.5, 0.6) is 0 Å². The highest BCUT2D eigenvalue weighted by Gasteiger charge is 2.13.